The molecule has 0 atom stereocenters. The number of benzene rings is 4. The van der Waals surface area contributed by atoms with Crippen molar-refractivity contribution in [3.05, 3.63) is 106 Å². The summed E-state index contributed by atoms with van der Waals surface area (Å²) in [7, 11) is 0. The fourth-order valence-corrected chi connectivity index (χ4v) is 5.43. The molecule has 0 heterocycles. The molecule has 0 unspecified atom stereocenters. The smallest absolute Gasteiger partial charge is 0.128 e. The van der Waals surface area contributed by atoms with Gasteiger partial charge in [0.15, 0.2) is 0 Å². The number of aromatic hydroxyl groups is 2. The van der Waals surface area contributed by atoms with Crippen molar-refractivity contribution in [1.82, 2.24) is 0 Å². The van der Waals surface area contributed by atoms with Crippen LogP contribution in [0, 0.1) is 0 Å². The van der Waals surface area contributed by atoms with Crippen molar-refractivity contribution in [3.63, 3.8) is 0 Å². The van der Waals surface area contributed by atoms with E-state index in [9.17, 15) is 10.2 Å². The van der Waals surface area contributed by atoms with E-state index < -0.39 is 0 Å². The molecule has 244 valence electrons. The molecule has 0 saturated heterocycles. The van der Waals surface area contributed by atoms with Gasteiger partial charge in [0.25, 0.3) is 0 Å². The summed E-state index contributed by atoms with van der Waals surface area (Å²) in [5.74, 6) is 0.525. The third kappa shape index (κ3) is 8.88. The Morgan fingerprint density at radius 3 is 1.09 bits per heavy atom. The Balaban J connectivity index is 0.00000600. The summed E-state index contributed by atoms with van der Waals surface area (Å²) in [5.41, 5.74) is 8.29. The second-order valence-corrected chi connectivity index (χ2v) is 16.5. The topological polar surface area (TPSA) is 65.2 Å². The van der Waals surface area contributed by atoms with Crippen LogP contribution in [0.5, 0.6) is 11.5 Å². The molecule has 0 aromatic heterocycles. The van der Waals surface area contributed by atoms with Gasteiger partial charge in [0.2, 0.25) is 0 Å². The van der Waals surface area contributed by atoms with Crippen molar-refractivity contribution < 1.29 is 29.7 Å². The molecule has 47 heavy (non-hydrogen) atoms. The maximum absolute atomic E-state index is 11.3. The van der Waals surface area contributed by atoms with Gasteiger partial charge in [-0.1, -0.05) is 132 Å². The minimum Gasteiger partial charge on any atom is -0.507 e. The minimum absolute atomic E-state index is 0. The summed E-state index contributed by atoms with van der Waals surface area (Å²) in [5, 5.41) is 22.7. The maximum atomic E-state index is 11.3. The predicted molar refractivity (Wildman–Crippen MR) is 197 cm³/mol. The van der Waals surface area contributed by atoms with E-state index in [1.807, 2.05) is 60.7 Å². The molecule has 0 aliphatic carbocycles. The quantitative estimate of drug-likeness (QED) is 0.163. The second-order valence-electron chi connectivity index (χ2n) is 16.5. The molecular weight excluding hydrogens is 630 g/mol. The number of rotatable bonds is 5. The van der Waals surface area contributed by atoms with Crippen LogP contribution in [0.3, 0.4) is 0 Å². The van der Waals surface area contributed by atoms with Gasteiger partial charge in [-0.05, 0) is 57.1 Å². The van der Waals surface area contributed by atoms with E-state index in [0.29, 0.717) is 11.1 Å². The van der Waals surface area contributed by atoms with Gasteiger partial charge in [-0.25, -0.2) is 0 Å². The van der Waals surface area contributed by atoms with Crippen LogP contribution in [0.2, 0.25) is 0 Å². The Labute approximate surface area is 295 Å². The summed E-state index contributed by atoms with van der Waals surface area (Å²) >= 11 is 0. The number of phenols is 2. The number of nitrogens with zero attached hydrogens (tertiary/aromatic N) is 2. The first-order valence-corrected chi connectivity index (χ1v) is 16.2. The zero-order chi connectivity index (χ0) is 34.2. The summed E-state index contributed by atoms with van der Waals surface area (Å²) in [6.45, 7) is 25.8. The third-order valence-corrected chi connectivity index (χ3v) is 8.41. The van der Waals surface area contributed by atoms with E-state index in [-0.39, 0.29) is 52.6 Å². The Kier molecular flexibility index (Phi) is 11.2. The van der Waals surface area contributed by atoms with Crippen LogP contribution in [0.1, 0.15) is 116 Å². The van der Waals surface area contributed by atoms with E-state index >= 15 is 0 Å². The molecule has 0 radical (unpaired) electrons. The van der Waals surface area contributed by atoms with Crippen molar-refractivity contribution in [3.8, 4) is 22.6 Å². The molecule has 0 bridgehead atoms. The van der Waals surface area contributed by atoms with Crippen LogP contribution in [-0.4, -0.2) is 22.6 Å². The molecule has 0 amide bonds. The number of hydrogen-bond acceptors (Lipinski definition) is 4. The molecule has 0 saturated carbocycles. The van der Waals surface area contributed by atoms with E-state index in [2.05, 4.69) is 95.2 Å². The zero-order valence-electron chi connectivity index (χ0n) is 30.6. The van der Waals surface area contributed by atoms with E-state index in [4.69, 9.17) is 9.98 Å². The molecule has 4 aromatic rings. The monoisotopic (exact) mass is 680 g/mol. The first-order chi connectivity index (χ1) is 21.2. The first kappa shape index (κ1) is 37.9. The SMILES string of the molecule is CC(C)(C)c1cc(C=Nc2ccccc2-c2ccccc2N=Cc2cc(C(C)(C)C)cc(C(C)(C)C)c2O)c(O)c(C(C)(C)C)c1.[Zn]. The minimum atomic E-state index is -0.225. The summed E-state index contributed by atoms with van der Waals surface area (Å²) in [6.07, 6.45) is 3.54. The van der Waals surface area contributed by atoms with Gasteiger partial charge in [0.05, 0.1) is 11.4 Å². The molecular formula is C42H52N2O2Zn. The van der Waals surface area contributed by atoms with E-state index in [1.165, 1.54) is 0 Å². The summed E-state index contributed by atoms with van der Waals surface area (Å²) < 4.78 is 0. The molecule has 4 aromatic carbocycles. The van der Waals surface area contributed by atoms with Crippen LogP contribution in [0.25, 0.3) is 11.1 Å². The molecule has 4 rings (SSSR count). The molecule has 0 aliphatic heterocycles. The van der Waals surface area contributed by atoms with Crippen LogP contribution in [-0.2, 0) is 41.1 Å². The van der Waals surface area contributed by atoms with Gasteiger partial charge < -0.3 is 10.2 Å². The van der Waals surface area contributed by atoms with Gasteiger partial charge in [0, 0.05) is 65.3 Å². The van der Waals surface area contributed by atoms with Crippen molar-refractivity contribution >= 4 is 23.8 Å². The molecule has 0 aliphatic rings. The second kappa shape index (κ2) is 13.9. The van der Waals surface area contributed by atoms with Crippen molar-refractivity contribution in [2.45, 2.75) is 105 Å². The molecule has 5 heteroatoms. The van der Waals surface area contributed by atoms with Crippen LogP contribution in [0.15, 0.2) is 82.8 Å². The van der Waals surface area contributed by atoms with Crippen molar-refractivity contribution in [2.24, 2.45) is 9.98 Å². The third-order valence-electron chi connectivity index (χ3n) is 8.41. The molecule has 0 fully saturated rings. The Morgan fingerprint density at radius 1 is 0.468 bits per heavy atom. The fraction of sp³-hybridized carbons (Fsp3) is 0.381. The Morgan fingerprint density at radius 2 is 0.787 bits per heavy atom. The number of phenolic OH excluding ortho intramolecular Hbond substituents is 2. The normalized spacial score (nSPS) is 12.9. The fourth-order valence-electron chi connectivity index (χ4n) is 5.43. The molecule has 4 nitrogen and oxygen atoms in total. The standard InChI is InChI=1S/C42H52N2O2.Zn/c1-39(2,3)29-21-27(37(45)33(23-29)41(7,8)9)25-43-35-19-15-13-17-31(35)32-18-14-16-20-36(32)44-26-28-22-30(40(4,5)6)24-34(38(28)46)42(10,11)12;/h13-26,45-46H,1-12H3;. The Hall–Kier alpha value is -3.56. The van der Waals surface area contributed by atoms with Gasteiger partial charge in [0.1, 0.15) is 11.5 Å². The number of hydrogen-bond donors (Lipinski definition) is 2. The predicted octanol–water partition coefficient (Wildman–Crippen LogP) is 11.5. The van der Waals surface area contributed by atoms with Gasteiger partial charge in [-0.3, -0.25) is 9.98 Å². The average Bonchev–Trinajstić information content (AvgIpc) is 2.94. The summed E-state index contributed by atoms with van der Waals surface area (Å²) in [6, 6.07) is 24.3. The average molecular weight is 682 g/mol. The molecule has 0 spiro atoms. The van der Waals surface area contributed by atoms with Gasteiger partial charge in [-0.15, -0.1) is 0 Å². The van der Waals surface area contributed by atoms with Crippen LogP contribution in [0.4, 0.5) is 11.4 Å². The van der Waals surface area contributed by atoms with Gasteiger partial charge in [-0.2, -0.15) is 0 Å². The number of para-hydroxylation sites is 2. The maximum Gasteiger partial charge on any atom is 0.128 e. The largest absolute Gasteiger partial charge is 0.507 e. The zero-order valence-corrected chi connectivity index (χ0v) is 33.5. The van der Waals surface area contributed by atoms with Crippen LogP contribution < -0.4 is 0 Å². The van der Waals surface area contributed by atoms with E-state index in [0.717, 1.165) is 44.8 Å². The molecule has 2 N–H and O–H groups in total. The van der Waals surface area contributed by atoms with Crippen molar-refractivity contribution in [1.29, 1.82) is 0 Å². The van der Waals surface area contributed by atoms with Crippen LogP contribution >= 0.6 is 0 Å². The summed E-state index contributed by atoms with van der Waals surface area (Å²) in [4.78, 5) is 9.87. The Bertz CT molecular complexity index is 1660. The van der Waals surface area contributed by atoms with Gasteiger partial charge >= 0.3 is 0 Å². The first-order valence-electron chi connectivity index (χ1n) is 16.2. The van der Waals surface area contributed by atoms with Crippen molar-refractivity contribution in [2.75, 3.05) is 0 Å². The number of aliphatic imine (C=N–C) groups is 2. The van der Waals surface area contributed by atoms with E-state index in [1.54, 1.807) is 12.4 Å².